The first-order chi connectivity index (χ1) is 6.45. The zero-order valence-electron chi connectivity index (χ0n) is 7.16. The van der Waals surface area contributed by atoms with Crippen LogP contribution < -0.4 is 16.4 Å². The molecule has 4 nitrogen and oxygen atoms in total. The summed E-state index contributed by atoms with van der Waals surface area (Å²) in [6.45, 7) is 0.954. The molecule has 5 heteroatoms. The molecule has 2 heterocycles. The van der Waals surface area contributed by atoms with E-state index in [2.05, 4.69) is 21.4 Å². The van der Waals surface area contributed by atoms with Crippen molar-refractivity contribution in [3.05, 3.63) is 30.1 Å². The molecule has 2 rings (SSSR count). The summed E-state index contributed by atoms with van der Waals surface area (Å²) >= 11 is 1.87. The largest absolute Gasteiger partial charge is 0.265 e. The smallest absolute Gasteiger partial charge is 0.0820 e. The monoisotopic (exact) mass is 196 g/mol. The Morgan fingerprint density at radius 1 is 1.46 bits per heavy atom. The van der Waals surface area contributed by atoms with Gasteiger partial charge in [0.05, 0.1) is 5.37 Å². The van der Waals surface area contributed by atoms with E-state index in [0.717, 1.165) is 12.3 Å². The summed E-state index contributed by atoms with van der Waals surface area (Å²) in [5.41, 5.74) is 10.3. The van der Waals surface area contributed by atoms with E-state index in [0.29, 0.717) is 5.37 Å². The van der Waals surface area contributed by atoms with Crippen LogP contribution in [0.1, 0.15) is 5.56 Å². The van der Waals surface area contributed by atoms with Crippen molar-refractivity contribution in [3.63, 3.8) is 0 Å². The summed E-state index contributed by atoms with van der Waals surface area (Å²) in [5, 5.41) is 0.452. The van der Waals surface area contributed by atoms with Crippen molar-refractivity contribution in [2.24, 2.45) is 0 Å². The van der Waals surface area contributed by atoms with Gasteiger partial charge in [-0.1, -0.05) is 0 Å². The summed E-state index contributed by atoms with van der Waals surface area (Å²) in [7, 11) is 0. The minimum atomic E-state index is 0.452. The fraction of sp³-hybridized carbons (Fsp3) is 0.375. The standard InChI is InChI=1S/C8H12N4S/c1-3-9-4-2-7(1)6-13-8-5-10-12-11-8/h1-4,8,10-12H,5-6H2. The van der Waals surface area contributed by atoms with Crippen molar-refractivity contribution in [3.8, 4) is 0 Å². The van der Waals surface area contributed by atoms with Gasteiger partial charge in [0.1, 0.15) is 0 Å². The summed E-state index contributed by atoms with van der Waals surface area (Å²) in [6.07, 6.45) is 3.66. The average molecular weight is 196 g/mol. The Labute approximate surface area is 81.5 Å². The maximum absolute atomic E-state index is 3.98. The van der Waals surface area contributed by atoms with Crippen molar-refractivity contribution in [1.82, 2.24) is 21.4 Å². The molecule has 13 heavy (non-hydrogen) atoms. The lowest BCUT2D eigenvalue weighted by Crippen LogP contribution is -2.32. The molecule has 1 aromatic heterocycles. The predicted molar refractivity (Wildman–Crippen MR) is 53.6 cm³/mol. The minimum Gasteiger partial charge on any atom is -0.265 e. The van der Waals surface area contributed by atoms with Crippen LogP contribution in [0.15, 0.2) is 24.5 Å². The van der Waals surface area contributed by atoms with E-state index < -0.39 is 0 Å². The Balaban J connectivity index is 1.79. The molecule has 1 aliphatic heterocycles. The molecule has 0 saturated carbocycles. The first-order valence-corrected chi connectivity index (χ1v) is 5.24. The molecule has 0 amide bonds. The normalized spacial score (nSPS) is 22.0. The second-order valence-corrected chi connectivity index (χ2v) is 4.00. The fourth-order valence-corrected chi connectivity index (χ4v) is 2.03. The van der Waals surface area contributed by atoms with Gasteiger partial charge in [-0.15, -0.1) is 11.8 Å². The van der Waals surface area contributed by atoms with Crippen LogP contribution in [0.3, 0.4) is 0 Å². The highest BCUT2D eigenvalue weighted by molar-refractivity contribution is 7.99. The van der Waals surface area contributed by atoms with Gasteiger partial charge < -0.3 is 0 Å². The first-order valence-electron chi connectivity index (χ1n) is 4.19. The third kappa shape index (κ3) is 2.67. The van der Waals surface area contributed by atoms with E-state index >= 15 is 0 Å². The zero-order valence-corrected chi connectivity index (χ0v) is 7.97. The summed E-state index contributed by atoms with van der Waals surface area (Å²) in [6, 6.07) is 4.09. The SMILES string of the molecule is c1cc(CSC2CNNN2)ccn1. The van der Waals surface area contributed by atoms with Crippen molar-refractivity contribution in [1.29, 1.82) is 0 Å². The number of aromatic nitrogens is 1. The molecule has 0 aromatic carbocycles. The van der Waals surface area contributed by atoms with Gasteiger partial charge in [-0.25, -0.2) is 10.9 Å². The molecule has 1 fully saturated rings. The highest BCUT2D eigenvalue weighted by Crippen LogP contribution is 2.15. The Kier molecular flexibility index (Phi) is 3.15. The van der Waals surface area contributed by atoms with Crippen molar-refractivity contribution in [2.45, 2.75) is 11.1 Å². The highest BCUT2D eigenvalue weighted by atomic mass is 32.2. The molecule has 0 bridgehead atoms. The van der Waals surface area contributed by atoms with Crippen LogP contribution in [0, 0.1) is 0 Å². The van der Waals surface area contributed by atoms with E-state index in [9.17, 15) is 0 Å². The van der Waals surface area contributed by atoms with E-state index in [4.69, 9.17) is 0 Å². The Bertz CT molecular complexity index is 248. The molecule has 70 valence electrons. The minimum absolute atomic E-state index is 0.452. The molecule has 1 aliphatic rings. The van der Waals surface area contributed by atoms with Crippen molar-refractivity contribution in [2.75, 3.05) is 6.54 Å². The zero-order chi connectivity index (χ0) is 8.93. The summed E-state index contributed by atoms with van der Waals surface area (Å²) in [5.74, 6) is 1.02. The molecule has 1 aromatic rings. The lowest BCUT2D eigenvalue weighted by molar-refractivity contribution is 0.587. The van der Waals surface area contributed by atoms with Gasteiger partial charge in [0.15, 0.2) is 0 Å². The first kappa shape index (κ1) is 8.96. The van der Waals surface area contributed by atoms with Crippen LogP contribution >= 0.6 is 11.8 Å². The molecule has 1 unspecified atom stereocenters. The fourth-order valence-electron chi connectivity index (χ4n) is 1.10. The number of hydrogen-bond acceptors (Lipinski definition) is 5. The number of rotatable bonds is 3. The topological polar surface area (TPSA) is 49.0 Å². The summed E-state index contributed by atoms with van der Waals surface area (Å²) in [4.78, 5) is 3.98. The van der Waals surface area contributed by atoms with E-state index in [-0.39, 0.29) is 0 Å². The Morgan fingerprint density at radius 3 is 3.00 bits per heavy atom. The number of nitrogens with one attached hydrogen (secondary N) is 3. The molecule has 1 saturated heterocycles. The maximum atomic E-state index is 3.98. The average Bonchev–Trinajstić information content (AvgIpc) is 2.69. The molecule has 0 radical (unpaired) electrons. The van der Waals surface area contributed by atoms with Gasteiger partial charge >= 0.3 is 0 Å². The number of thioether (sulfide) groups is 1. The van der Waals surface area contributed by atoms with E-state index in [1.54, 1.807) is 0 Å². The van der Waals surface area contributed by atoms with Gasteiger partial charge in [0.2, 0.25) is 0 Å². The van der Waals surface area contributed by atoms with E-state index in [1.165, 1.54) is 5.56 Å². The third-order valence-electron chi connectivity index (χ3n) is 1.81. The molecular formula is C8H12N4S. The van der Waals surface area contributed by atoms with Crippen LogP contribution in [0.4, 0.5) is 0 Å². The van der Waals surface area contributed by atoms with Crippen LogP contribution in [-0.2, 0) is 5.75 Å². The lowest BCUT2D eigenvalue weighted by Gasteiger charge is -2.06. The van der Waals surface area contributed by atoms with Gasteiger partial charge in [0, 0.05) is 24.7 Å². The molecule has 3 N–H and O–H groups in total. The second-order valence-electron chi connectivity index (χ2n) is 2.81. The molecule has 0 aliphatic carbocycles. The van der Waals surface area contributed by atoms with E-state index in [1.807, 2.05) is 36.3 Å². The lowest BCUT2D eigenvalue weighted by atomic mass is 10.3. The quantitative estimate of drug-likeness (QED) is 0.647. The number of nitrogens with zero attached hydrogens (tertiary/aromatic N) is 1. The van der Waals surface area contributed by atoms with Gasteiger partial charge in [-0.3, -0.25) is 4.98 Å². The third-order valence-corrected chi connectivity index (χ3v) is 3.00. The van der Waals surface area contributed by atoms with Crippen LogP contribution in [0.2, 0.25) is 0 Å². The summed E-state index contributed by atoms with van der Waals surface area (Å²) < 4.78 is 0. The van der Waals surface area contributed by atoms with Gasteiger partial charge in [0.25, 0.3) is 0 Å². The predicted octanol–water partition coefficient (Wildman–Crippen LogP) is 0.253. The molecular weight excluding hydrogens is 184 g/mol. The maximum Gasteiger partial charge on any atom is 0.0820 e. The van der Waals surface area contributed by atoms with Crippen LogP contribution in [0.25, 0.3) is 0 Å². The second kappa shape index (κ2) is 4.57. The molecule has 1 atom stereocenters. The van der Waals surface area contributed by atoms with Crippen LogP contribution in [0.5, 0.6) is 0 Å². The van der Waals surface area contributed by atoms with Gasteiger partial charge in [-0.05, 0) is 17.7 Å². The van der Waals surface area contributed by atoms with Gasteiger partial charge in [-0.2, -0.15) is 5.53 Å². The highest BCUT2D eigenvalue weighted by Gasteiger charge is 2.12. The van der Waals surface area contributed by atoms with Crippen molar-refractivity contribution >= 4 is 11.8 Å². The number of hydrazine groups is 2. The number of pyridine rings is 1. The molecule has 0 spiro atoms. The number of hydrogen-bond donors (Lipinski definition) is 3. The van der Waals surface area contributed by atoms with Crippen LogP contribution in [-0.4, -0.2) is 16.9 Å². The Morgan fingerprint density at radius 2 is 2.31 bits per heavy atom. The Hall–Kier alpha value is -0.620. The van der Waals surface area contributed by atoms with Crippen molar-refractivity contribution < 1.29 is 0 Å².